The predicted molar refractivity (Wildman–Crippen MR) is 69.1 cm³/mol. The van der Waals surface area contributed by atoms with E-state index >= 15 is 0 Å². The van der Waals surface area contributed by atoms with Crippen molar-refractivity contribution in [2.24, 2.45) is 5.92 Å². The maximum Gasteiger partial charge on any atom is 0.238 e. The largest absolute Gasteiger partial charge is 0.238 e. The Morgan fingerprint density at radius 2 is 0.938 bits per heavy atom. The van der Waals surface area contributed by atoms with Crippen LogP contribution in [0.15, 0.2) is 0 Å². The van der Waals surface area contributed by atoms with Gasteiger partial charge in [0.25, 0.3) is 0 Å². The number of alkyl halides is 2. The zero-order valence-corrected chi connectivity index (χ0v) is 11.6. The van der Waals surface area contributed by atoms with Crippen molar-refractivity contribution in [3.63, 3.8) is 0 Å². The number of hydrogen-bond donors (Lipinski definition) is 0. The first kappa shape index (κ1) is 18.2. The molecule has 0 bridgehead atoms. The second-order valence-electron chi connectivity index (χ2n) is 4.41. The third kappa shape index (κ3) is 16.3. The van der Waals surface area contributed by atoms with E-state index in [1.165, 1.54) is 38.5 Å². The molecule has 0 saturated heterocycles. The van der Waals surface area contributed by atoms with E-state index in [4.69, 9.17) is 0 Å². The van der Waals surface area contributed by atoms with Crippen LogP contribution in [0.4, 0.5) is 8.78 Å². The monoisotopic (exact) mass is 236 g/mol. The molecule has 0 aliphatic heterocycles. The summed E-state index contributed by atoms with van der Waals surface area (Å²) in [6.07, 6.45) is 6.96. The molecule has 0 N–H and O–H groups in total. The van der Waals surface area contributed by atoms with Crippen LogP contribution in [-0.4, -0.2) is 6.43 Å². The summed E-state index contributed by atoms with van der Waals surface area (Å²) in [6, 6.07) is 0. The Morgan fingerprint density at radius 3 is 1.06 bits per heavy atom. The molecule has 0 aliphatic rings. The van der Waals surface area contributed by atoms with Crippen molar-refractivity contribution in [2.45, 2.75) is 85.5 Å². The summed E-state index contributed by atoms with van der Waals surface area (Å²) < 4.78 is 22.1. The number of hydrogen-bond acceptors (Lipinski definition) is 0. The van der Waals surface area contributed by atoms with Crippen molar-refractivity contribution in [2.75, 3.05) is 0 Å². The molecule has 0 aromatic rings. The second kappa shape index (κ2) is 14.9. The van der Waals surface area contributed by atoms with E-state index in [9.17, 15) is 8.78 Å². The van der Waals surface area contributed by atoms with E-state index in [0.29, 0.717) is 6.42 Å². The third-order valence-electron chi connectivity index (χ3n) is 2.60. The summed E-state index contributed by atoms with van der Waals surface area (Å²) in [7, 11) is 0. The van der Waals surface area contributed by atoms with E-state index < -0.39 is 6.43 Å². The molecule has 0 radical (unpaired) electrons. The van der Waals surface area contributed by atoms with Gasteiger partial charge in [0.15, 0.2) is 0 Å². The first-order valence-electron chi connectivity index (χ1n) is 6.90. The van der Waals surface area contributed by atoms with Crippen LogP contribution in [0.25, 0.3) is 0 Å². The van der Waals surface area contributed by atoms with E-state index in [-0.39, 0.29) is 6.42 Å². The number of rotatable bonds is 8. The molecule has 0 amide bonds. The van der Waals surface area contributed by atoms with Crippen LogP contribution in [-0.2, 0) is 0 Å². The maximum atomic E-state index is 11.0. The van der Waals surface area contributed by atoms with Crippen LogP contribution in [0.5, 0.6) is 0 Å². The molecule has 0 fully saturated rings. The van der Waals surface area contributed by atoms with Gasteiger partial charge >= 0.3 is 0 Å². The third-order valence-corrected chi connectivity index (χ3v) is 2.60. The van der Waals surface area contributed by atoms with Crippen LogP contribution in [0.1, 0.15) is 79.1 Å². The normalized spacial score (nSPS) is 10.5. The molecule has 0 saturated carbocycles. The topological polar surface area (TPSA) is 0 Å². The molecule has 0 unspecified atom stereocenters. The molecule has 100 valence electrons. The van der Waals surface area contributed by atoms with Gasteiger partial charge in [-0.05, 0) is 5.92 Å². The smallest absolute Gasteiger partial charge is 0.211 e. The lowest BCUT2D eigenvalue weighted by molar-refractivity contribution is 0.137. The van der Waals surface area contributed by atoms with Crippen molar-refractivity contribution in [1.29, 1.82) is 0 Å². The summed E-state index contributed by atoms with van der Waals surface area (Å²) in [5, 5.41) is 0. The Balaban J connectivity index is 0. The van der Waals surface area contributed by atoms with Crippen molar-refractivity contribution in [3.8, 4) is 0 Å². The fraction of sp³-hybridized carbons (Fsp3) is 1.00. The van der Waals surface area contributed by atoms with E-state index in [2.05, 4.69) is 20.8 Å². The fourth-order valence-electron chi connectivity index (χ4n) is 1.88. The van der Waals surface area contributed by atoms with Crippen LogP contribution in [0, 0.1) is 5.92 Å². The van der Waals surface area contributed by atoms with Crippen LogP contribution in [0.3, 0.4) is 0 Å². The molecular formula is C14H30F2. The minimum Gasteiger partial charge on any atom is -0.211 e. The van der Waals surface area contributed by atoms with Gasteiger partial charge in [-0.2, -0.15) is 0 Å². The molecule has 0 aliphatic carbocycles. The van der Waals surface area contributed by atoms with Crippen LogP contribution >= 0.6 is 0 Å². The number of halogens is 2. The Kier molecular flexibility index (Phi) is 16.9. The van der Waals surface area contributed by atoms with E-state index in [1.807, 2.05) is 0 Å². The Labute approximate surface area is 101 Å². The molecule has 0 atom stereocenters. The summed E-state index contributed by atoms with van der Waals surface area (Å²) >= 11 is 0. The molecule has 0 heterocycles. The highest BCUT2D eigenvalue weighted by Crippen LogP contribution is 2.18. The Bertz CT molecular complexity index is 99.0. The predicted octanol–water partition coefficient (Wildman–Crippen LogP) is 6.05. The van der Waals surface area contributed by atoms with Crippen molar-refractivity contribution >= 4 is 0 Å². The highest BCUT2D eigenvalue weighted by molar-refractivity contribution is 4.56. The zero-order valence-electron chi connectivity index (χ0n) is 11.6. The summed E-state index contributed by atoms with van der Waals surface area (Å²) in [4.78, 5) is 0. The van der Waals surface area contributed by atoms with Gasteiger partial charge in [-0.3, -0.25) is 0 Å². The molecule has 0 aromatic carbocycles. The van der Waals surface area contributed by atoms with Crippen LogP contribution < -0.4 is 0 Å². The first-order valence-corrected chi connectivity index (χ1v) is 6.90. The summed E-state index contributed by atoms with van der Waals surface area (Å²) in [5.41, 5.74) is 0. The minimum absolute atomic E-state index is 0.0417. The molecule has 0 rings (SSSR count). The lowest BCUT2D eigenvalue weighted by atomic mass is 9.94. The quantitative estimate of drug-likeness (QED) is 0.481. The van der Waals surface area contributed by atoms with Crippen molar-refractivity contribution in [3.05, 3.63) is 0 Å². The van der Waals surface area contributed by atoms with Gasteiger partial charge in [0.2, 0.25) is 6.43 Å². The van der Waals surface area contributed by atoms with Gasteiger partial charge in [0, 0.05) is 6.42 Å². The average Bonchev–Trinajstić information content (AvgIpc) is 2.19. The molecule has 0 nitrogen and oxygen atoms in total. The molecule has 16 heavy (non-hydrogen) atoms. The van der Waals surface area contributed by atoms with Gasteiger partial charge in [-0.15, -0.1) is 0 Å². The van der Waals surface area contributed by atoms with Gasteiger partial charge in [-0.1, -0.05) is 72.6 Å². The lowest BCUT2D eigenvalue weighted by Gasteiger charge is -2.12. The Hall–Kier alpha value is -0.140. The van der Waals surface area contributed by atoms with E-state index in [0.717, 1.165) is 5.92 Å². The van der Waals surface area contributed by atoms with Gasteiger partial charge < -0.3 is 0 Å². The van der Waals surface area contributed by atoms with Gasteiger partial charge in [0.05, 0.1) is 0 Å². The van der Waals surface area contributed by atoms with Crippen LogP contribution in [0.2, 0.25) is 0 Å². The zero-order chi connectivity index (χ0) is 12.8. The minimum atomic E-state index is -2.10. The fourth-order valence-corrected chi connectivity index (χ4v) is 1.88. The summed E-state index contributed by atoms with van der Waals surface area (Å²) in [6.45, 7) is 8.61. The lowest BCUT2D eigenvalue weighted by Crippen LogP contribution is -1.98. The molecule has 0 aromatic heterocycles. The van der Waals surface area contributed by atoms with Crippen molar-refractivity contribution in [1.82, 2.24) is 0 Å². The summed E-state index contributed by atoms with van der Waals surface area (Å²) in [5.74, 6) is 1.03. The molecule has 0 spiro atoms. The first-order chi connectivity index (χ1) is 7.62. The molecule has 2 heteroatoms. The Morgan fingerprint density at radius 1 is 0.625 bits per heavy atom. The maximum absolute atomic E-state index is 11.0. The standard InChI is InChI=1S/C10H22.C4H8F2/c1-4-7-10(8-5-2)9-6-3;1-2-3-4(5)6/h10H,4-9H2,1-3H3;4H,2-3H2,1H3. The highest BCUT2D eigenvalue weighted by Gasteiger charge is 2.03. The van der Waals surface area contributed by atoms with Gasteiger partial charge in [-0.25, -0.2) is 8.78 Å². The molecular weight excluding hydrogens is 206 g/mol. The van der Waals surface area contributed by atoms with Gasteiger partial charge in [0.1, 0.15) is 0 Å². The average molecular weight is 236 g/mol. The second-order valence-corrected chi connectivity index (χ2v) is 4.41. The SMILES string of the molecule is CCCC(CCC)CCC.CCCC(F)F. The van der Waals surface area contributed by atoms with Crippen molar-refractivity contribution < 1.29 is 8.78 Å². The van der Waals surface area contributed by atoms with E-state index in [1.54, 1.807) is 6.92 Å². The highest BCUT2D eigenvalue weighted by atomic mass is 19.3.